The molecule has 0 amide bonds. The van der Waals surface area contributed by atoms with E-state index >= 15 is 0 Å². The number of aromatic nitrogens is 2. The second kappa shape index (κ2) is 25.4. The molecule has 2 spiro atoms. The molecule has 4 aliphatic rings. The van der Waals surface area contributed by atoms with Gasteiger partial charge in [-0.3, -0.25) is 9.97 Å². The standard InChI is InChI=1S/C54H31NO.C30H16BrNO.C24H17BO2/c1-2-15-34-32(13-1)14-11-22-37(34)52-40-20-5-3-18-38(40)51(39-19-4-6-21-41(39)52)33-26-27-42-47(29-33)54(46-24-12-28-55-53(42)46)45-23-9-7-16-35(45)43-31-50-44(30-48(43)54)36-17-8-10-25-49(36)56-50;31-17-11-12-20-25(14-17)30(24-9-5-13-32-29(20)24)23-8-3-1-6-18(23)21-16-28-22(15-26(21)30)19-7-2-4-10-27(19)33-28;26-25(27)24-21-13-5-3-11-19(21)23(20-12-4-6-14-22(20)24)18-15-7-9-16-8-1-2-10-17(16)18/h1-31H;1-16H;1-15,26-27H. The molecule has 2 atom stereocenters. The first-order chi connectivity index (χ1) is 57.3. The Morgan fingerprint density at radius 2 is 0.595 bits per heavy atom. The van der Waals surface area contributed by atoms with Crippen LogP contribution in [0.3, 0.4) is 0 Å². The lowest BCUT2D eigenvalue weighted by Gasteiger charge is -2.30. The van der Waals surface area contributed by atoms with E-state index in [9.17, 15) is 10.0 Å². The maximum atomic E-state index is 10.1. The highest BCUT2D eigenvalue weighted by atomic mass is 79.9. The normalized spacial score (nSPS) is 14.9. The number of pyridine rings is 2. The number of hydrogen-bond acceptors (Lipinski definition) is 6. The van der Waals surface area contributed by atoms with Crippen molar-refractivity contribution in [3.8, 4) is 78.1 Å². The summed E-state index contributed by atoms with van der Waals surface area (Å²) in [5.41, 5.74) is 30.2. The van der Waals surface area contributed by atoms with Crippen LogP contribution >= 0.6 is 15.9 Å². The van der Waals surface area contributed by atoms with Crippen molar-refractivity contribution in [2.24, 2.45) is 0 Å². The minimum atomic E-state index is -1.53. The van der Waals surface area contributed by atoms with Crippen LogP contribution in [-0.2, 0) is 10.8 Å². The molecular weight excluding hydrogens is 1480 g/mol. The molecule has 22 aromatic rings. The summed E-state index contributed by atoms with van der Waals surface area (Å²) >= 11 is 3.75. The van der Waals surface area contributed by atoms with Gasteiger partial charge in [0.25, 0.3) is 0 Å². The van der Waals surface area contributed by atoms with E-state index in [-0.39, 0.29) is 0 Å². The average molecular weight is 1540 g/mol. The molecule has 18 aromatic carbocycles. The largest absolute Gasteiger partial charge is 0.489 e. The van der Waals surface area contributed by atoms with Gasteiger partial charge in [0.15, 0.2) is 0 Å². The minimum absolute atomic E-state index is 0.402. The lowest BCUT2D eigenvalue weighted by molar-refractivity contribution is 0.426. The Hall–Kier alpha value is -14.1. The van der Waals surface area contributed by atoms with Crippen molar-refractivity contribution >= 4 is 137 Å². The third-order valence-corrected chi connectivity index (χ3v) is 25.9. The zero-order valence-electron chi connectivity index (χ0n) is 62.4. The van der Waals surface area contributed by atoms with E-state index in [1.54, 1.807) is 0 Å². The first-order valence-corrected chi connectivity index (χ1v) is 40.3. The Kier molecular flexibility index (Phi) is 14.6. The summed E-state index contributed by atoms with van der Waals surface area (Å²) in [5.74, 6) is 0. The fourth-order valence-corrected chi connectivity index (χ4v) is 21.2. The number of halogens is 1. The molecule has 0 saturated carbocycles. The van der Waals surface area contributed by atoms with Crippen LogP contribution in [-0.4, -0.2) is 27.1 Å². The predicted octanol–water partition coefficient (Wildman–Crippen LogP) is 26.7. The Morgan fingerprint density at radius 1 is 0.241 bits per heavy atom. The Balaban J connectivity index is 0.000000109. The number of hydrogen-bond donors (Lipinski definition) is 2. The Bertz CT molecular complexity index is 7890. The third kappa shape index (κ3) is 9.31. The summed E-state index contributed by atoms with van der Waals surface area (Å²) in [5, 5.41) is 38.5. The van der Waals surface area contributed by atoms with E-state index in [0.717, 1.165) is 92.4 Å². The van der Waals surface area contributed by atoms with E-state index < -0.39 is 17.9 Å². The van der Waals surface area contributed by atoms with Gasteiger partial charge in [0.05, 0.1) is 22.2 Å². The van der Waals surface area contributed by atoms with Crippen molar-refractivity contribution in [2.75, 3.05) is 0 Å². The van der Waals surface area contributed by atoms with Crippen LogP contribution < -0.4 is 5.46 Å². The van der Waals surface area contributed by atoms with Gasteiger partial charge in [-0.1, -0.05) is 313 Å². The SMILES string of the molecule is Brc1ccc2c(c1)C1(c3ccccc3-c3cc4oc5ccccc5c4cc31)c1cccnc1-2.OB(O)c1c2ccccc2c(-c2cccc3ccccc23)c2ccccc12.c1ccc2c(c1)-c1cc3oc4ccccc4c3cc1C21c2cc(-c3c4ccccc4c(-c4cccc5ccccc45)c4ccccc34)ccc2-c2ncccc21. The number of rotatable bonds is 4. The lowest BCUT2D eigenvalue weighted by atomic mass is 9.70. The molecule has 8 heteroatoms. The highest BCUT2D eigenvalue weighted by molar-refractivity contribution is 9.10. The van der Waals surface area contributed by atoms with E-state index in [0.29, 0.717) is 5.46 Å². The van der Waals surface area contributed by atoms with Crippen LogP contribution in [0.2, 0.25) is 0 Å². The van der Waals surface area contributed by atoms with Gasteiger partial charge in [-0.15, -0.1) is 0 Å². The van der Waals surface area contributed by atoms with Crippen LogP contribution in [0.4, 0.5) is 0 Å². The monoisotopic (exact) mass is 1540 g/mol. The van der Waals surface area contributed by atoms with Gasteiger partial charge in [-0.2, -0.15) is 0 Å². The molecule has 0 bridgehead atoms. The van der Waals surface area contributed by atoms with Crippen molar-refractivity contribution in [1.29, 1.82) is 0 Å². The van der Waals surface area contributed by atoms with Crippen molar-refractivity contribution < 1.29 is 18.9 Å². The molecule has 26 rings (SSSR count). The molecule has 6 nitrogen and oxygen atoms in total. The summed E-state index contributed by atoms with van der Waals surface area (Å²) in [6.45, 7) is 0. The fourth-order valence-electron chi connectivity index (χ4n) is 20.9. The molecule has 0 fully saturated rings. The zero-order valence-corrected chi connectivity index (χ0v) is 63.9. The van der Waals surface area contributed by atoms with E-state index in [4.69, 9.17) is 18.8 Å². The second-order valence-electron chi connectivity index (χ2n) is 31.0. The molecule has 4 aromatic heterocycles. The van der Waals surface area contributed by atoms with Gasteiger partial charge >= 0.3 is 7.12 Å². The third-order valence-electron chi connectivity index (χ3n) is 25.4. The highest BCUT2D eigenvalue weighted by Gasteiger charge is 2.54. The molecule has 0 saturated heterocycles. The summed E-state index contributed by atoms with van der Waals surface area (Å²) < 4.78 is 13.9. The smallest absolute Gasteiger partial charge is 0.456 e. The molecule has 116 heavy (non-hydrogen) atoms. The van der Waals surface area contributed by atoms with E-state index in [1.807, 2.05) is 73.1 Å². The van der Waals surface area contributed by atoms with Crippen LogP contribution in [0.15, 0.2) is 390 Å². The lowest BCUT2D eigenvalue weighted by Crippen LogP contribution is -2.31. The fraction of sp³-hybridized carbons (Fsp3) is 0.0185. The minimum Gasteiger partial charge on any atom is -0.456 e. The first-order valence-electron chi connectivity index (χ1n) is 39.5. The van der Waals surface area contributed by atoms with Gasteiger partial charge in [0, 0.05) is 49.5 Å². The molecular formula is C108H64BBrN2O4. The Labute approximate surface area is 675 Å². The van der Waals surface area contributed by atoms with Gasteiger partial charge in [0.2, 0.25) is 0 Å². The van der Waals surface area contributed by atoms with E-state index in [2.05, 4.69) is 319 Å². The van der Waals surface area contributed by atoms with Crippen molar-refractivity contribution in [3.63, 3.8) is 0 Å². The molecule has 2 unspecified atom stereocenters. The van der Waals surface area contributed by atoms with Crippen molar-refractivity contribution in [1.82, 2.24) is 9.97 Å². The number of furan rings is 2. The number of fused-ring (bicyclic) bond motifs is 32. The van der Waals surface area contributed by atoms with E-state index in [1.165, 1.54) is 143 Å². The predicted molar refractivity (Wildman–Crippen MR) is 481 cm³/mol. The number of para-hydroxylation sites is 2. The molecule has 4 aliphatic carbocycles. The topological polar surface area (TPSA) is 92.5 Å². The van der Waals surface area contributed by atoms with Crippen molar-refractivity contribution in [2.45, 2.75) is 10.8 Å². The maximum Gasteiger partial charge on any atom is 0.489 e. The zero-order chi connectivity index (χ0) is 76.6. The van der Waals surface area contributed by atoms with Gasteiger partial charge in [-0.25, -0.2) is 0 Å². The molecule has 0 radical (unpaired) electrons. The average Bonchev–Trinajstić information content (AvgIpc) is 1.51. The van der Waals surface area contributed by atoms with Gasteiger partial charge in [-0.05, 0) is 237 Å². The summed E-state index contributed by atoms with van der Waals surface area (Å²) in [6, 6.07) is 130. The van der Waals surface area contributed by atoms with Gasteiger partial charge in [0.1, 0.15) is 22.3 Å². The number of benzene rings is 18. The quantitative estimate of drug-likeness (QED) is 0.135. The molecule has 0 aliphatic heterocycles. The molecule has 540 valence electrons. The van der Waals surface area contributed by atoms with Crippen LogP contribution in [0.25, 0.3) is 187 Å². The summed E-state index contributed by atoms with van der Waals surface area (Å²) in [7, 11) is -1.53. The highest BCUT2D eigenvalue weighted by Crippen LogP contribution is 2.66. The van der Waals surface area contributed by atoms with Crippen molar-refractivity contribution in [3.05, 3.63) is 425 Å². The van der Waals surface area contributed by atoms with Crippen LogP contribution in [0, 0.1) is 0 Å². The van der Waals surface area contributed by atoms with Crippen LogP contribution in [0.5, 0.6) is 0 Å². The Morgan fingerprint density at radius 3 is 1.07 bits per heavy atom. The first kappa shape index (κ1) is 66.5. The molecule has 2 N–H and O–H groups in total. The second-order valence-corrected chi connectivity index (χ2v) is 31.9. The summed E-state index contributed by atoms with van der Waals surface area (Å²) in [4.78, 5) is 9.98. The maximum absolute atomic E-state index is 10.1. The van der Waals surface area contributed by atoms with Gasteiger partial charge < -0.3 is 18.9 Å². The molecule has 4 heterocycles. The van der Waals surface area contributed by atoms with Crippen LogP contribution in [0.1, 0.15) is 44.5 Å². The number of nitrogens with zero attached hydrogens (tertiary/aromatic N) is 2. The summed E-state index contributed by atoms with van der Waals surface area (Å²) in [6.07, 6.45) is 3.84.